The monoisotopic (exact) mass is 209 g/mol. The van der Waals surface area contributed by atoms with E-state index in [9.17, 15) is 13.2 Å². The highest BCUT2D eigenvalue weighted by Gasteiger charge is 2.28. The maximum Gasteiger partial charge on any atom is 0.522 e. The molecule has 0 aliphatic heterocycles. The van der Waals surface area contributed by atoms with Crippen molar-refractivity contribution in [2.75, 3.05) is 13.2 Å². The molecule has 0 heterocycles. The lowest BCUT2D eigenvalue weighted by molar-refractivity contribution is -0.325. The standard InChI is InChI=1S/C5H10F3NO2.ClH/c6-5(7,8)11-2-1-4(9)3-10;/h4,10H,1-3,9H2;1H. The Kier molecular flexibility index (Phi) is 7.81. The molecule has 0 saturated heterocycles. The molecule has 0 aromatic carbocycles. The Morgan fingerprint density at radius 1 is 1.42 bits per heavy atom. The molecule has 0 amide bonds. The van der Waals surface area contributed by atoms with E-state index in [1.54, 1.807) is 0 Å². The predicted molar refractivity (Wildman–Crippen MR) is 38.9 cm³/mol. The number of hydrogen-bond acceptors (Lipinski definition) is 3. The molecule has 76 valence electrons. The zero-order valence-corrected chi connectivity index (χ0v) is 6.99. The summed E-state index contributed by atoms with van der Waals surface area (Å²) >= 11 is 0. The fourth-order valence-corrected chi connectivity index (χ4v) is 0.417. The quantitative estimate of drug-likeness (QED) is 0.715. The van der Waals surface area contributed by atoms with Gasteiger partial charge in [-0.3, -0.25) is 4.74 Å². The van der Waals surface area contributed by atoms with E-state index >= 15 is 0 Å². The lowest BCUT2D eigenvalue weighted by Gasteiger charge is -2.09. The van der Waals surface area contributed by atoms with Gasteiger partial charge in [0.2, 0.25) is 0 Å². The Morgan fingerprint density at radius 2 is 1.92 bits per heavy atom. The molecule has 0 saturated carbocycles. The van der Waals surface area contributed by atoms with Gasteiger partial charge in [-0.2, -0.15) is 0 Å². The minimum absolute atomic E-state index is 0. The fourth-order valence-electron chi connectivity index (χ4n) is 0.417. The highest BCUT2D eigenvalue weighted by Crippen LogP contribution is 2.16. The van der Waals surface area contributed by atoms with E-state index in [2.05, 4.69) is 4.74 Å². The number of ether oxygens (including phenoxy) is 1. The van der Waals surface area contributed by atoms with Gasteiger partial charge in [0, 0.05) is 6.04 Å². The summed E-state index contributed by atoms with van der Waals surface area (Å²) < 4.78 is 37.3. The van der Waals surface area contributed by atoms with Gasteiger partial charge >= 0.3 is 6.36 Å². The highest BCUT2D eigenvalue weighted by atomic mass is 35.5. The molecule has 1 unspecified atom stereocenters. The first kappa shape index (κ1) is 14.5. The van der Waals surface area contributed by atoms with E-state index in [0.29, 0.717) is 0 Å². The van der Waals surface area contributed by atoms with Crippen LogP contribution in [0.5, 0.6) is 0 Å². The molecule has 12 heavy (non-hydrogen) atoms. The van der Waals surface area contributed by atoms with Crippen molar-refractivity contribution in [3.8, 4) is 0 Å². The molecule has 1 atom stereocenters. The summed E-state index contributed by atoms with van der Waals surface area (Å²) in [7, 11) is 0. The average Bonchev–Trinajstić information content (AvgIpc) is 1.85. The largest absolute Gasteiger partial charge is 0.522 e. The van der Waals surface area contributed by atoms with Crippen LogP contribution in [0.25, 0.3) is 0 Å². The maximum atomic E-state index is 11.3. The van der Waals surface area contributed by atoms with Crippen molar-refractivity contribution >= 4 is 12.4 Å². The molecule has 0 fully saturated rings. The van der Waals surface area contributed by atoms with Gasteiger partial charge in [0.05, 0.1) is 13.2 Å². The second kappa shape index (κ2) is 6.47. The molecular weight excluding hydrogens is 199 g/mol. The van der Waals surface area contributed by atoms with Crippen molar-refractivity contribution in [2.24, 2.45) is 5.73 Å². The first-order valence-corrected chi connectivity index (χ1v) is 3.03. The number of rotatable bonds is 4. The number of halogens is 4. The SMILES string of the molecule is Cl.NC(CO)CCOC(F)(F)F. The zero-order chi connectivity index (χ0) is 8.91. The summed E-state index contributed by atoms with van der Waals surface area (Å²) in [6.45, 7) is -0.841. The molecule has 0 radical (unpaired) electrons. The summed E-state index contributed by atoms with van der Waals surface area (Å²) in [5.74, 6) is 0. The van der Waals surface area contributed by atoms with Gasteiger partial charge < -0.3 is 10.8 Å². The van der Waals surface area contributed by atoms with Gasteiger partial charge in [-0.15, -0.1) is 25.6 Å². The Labute approximate surface area is 74.1 Å². The summed E-state index contributed by atoms with van der Waals surface area (Å²) in [6, 6.07) is -0.641. The van der Waals surface area contributed by atoms with E-state index in [-0.39, 0.29) is 25.4 Å². The summed E-state index contributed by atoms with van der Waals surface area (Å²) in [6.07, 6.45) is -4.61. The van der Waals surface area contributed by atoms with Gasteiger partial charge in [0.25, 0.3) is 0 Å². The first-order valence-electron chi connectivity index (χ1n) is 3.03. The molecule has 0 rings (SSSR count). The lowest BCUT2D eigenvalue weighted by Crippen LogP contribution is -2.27. The molecule has 3 N–H and O–H groups in total. The summed E-state index contributed by atoms with van der Waals surface area (Å²) in [5.41, 5.74) is 5.10. The highest BCUT2D eigenvalue weighted by molar-refractivity contribution is 5.85. The van der Waals surface area contributed by atoms with Crippen LogP contribution >= 0.6 is 12.4 Å². The fraction of sp³-hybridized carbons (Fsp3) is 1.00. The maximum absolute atomic E-state index is 11.3. The minimum Gasteiger partial charge on any atom is -0.395 e. The number of alkyl halides is 3. The van der Waals surface area contributed by atoms with Crippen molar-refractivity contribution in [1.29, 1.82) is 0 Å². The van der Waals surface area contributed by atoms with E-state index in [1.807, 2.05) is 0 Å². The molecule has 0 aliphatic rings. The van der Waals surface area contributed by atoms with Crippen molar-refractivity contribution < 1.29 is 23.0 Å². The van der Waals surface area contributed by atoms with Crippen LogP contribution in [0.4, 0.5) is 13.2 Å². The Bertz CT molecular complexity index is 111. The van der Waals surface area contributed by atoms with Crippen molar-refractivity contribution in [3.63, 3.8) is 0 Å². The molecule has 0 bridgehead atoms. The molecule has 0 aromatic rings. The smallest absolute Gasteiger partial charge is 0.395 e. The Hall–Kier alpha value is -0.0400. The van der Waals surface area contributed by atoms with Crippen LogP contribution < -0.4 is 5.73 Å². The molecule has 0 aromatic heterocycles. The summed E-state index contributed by atoms with van der Waals surface area (Å²) in [4.78, 5) is 0. The van der Waals surface area contributed by atoms with Crippen LogP contribution in [0.1, 0.15) is 6.42 Å². The van der Waals surface area contributed by atoms with Gasteiger partial charge in [0.1, 0.15) is 0 Å². The second-order valence-electron chi connectivity index (χ2n) is 2.03. The van der Waals surface area contributed by atoms with Crippen LogP contribution in [0.2, 0.25) is 0 Å². The number of nitrogens with two attached hydrogens (primary N) is 1. The molecule has 0 aliphatic carbocycles. The van der Waals surface area contributed by atoms with Gasteiger partial charge in [-0.05, 0) is 6.42 Å². The third-order valence-electron chi connectivity index (χ3n) is 0.989. The minimum atomic E-state index is -4.60. The summed E-state index contributed by atoms with van der Waals surface area (Å²) in [5, 5.41) is 8.30. The van der Waals surface area contributed by atoms with Crippen LogP contribution in [-0.2, 0) is 4.74 Å². The topological polar surface area (TPSA) is 55.5 Å². The number of aliphatic hydroxyl groups is 1. The van der Waals surface area contributed by atoms with Gasteiger partial charge in [-0.25, -0.2) is 0 Å². The molecule has 0 spiro atoms. The van der Waals surface area contributed by atoms with Crippen LogP contribution in [-0.4, -0.2) is 30.7 Å². The van der Waals surface area contributed by atoms with E-state index in [0.717, 1.165) is 0 Å². The van der Waals surface area contributed by atoms with E-state index in [1.165, 1.54) is 0 Å². The Balaban J connectivity index is 0. The lowest BCUT2D eigenvalue weighted by atomic mass is 10.2. The predicted octanol–water partition coefficient (Wildman–Crippen LogP) is 0.654. The number of hydrogen-bond donors (Lipinski definition) is 2. The van der Waals surface area contributed by atoms with Crippen molar-refractivity contribution in [3.05, 3.63) is 0 Å². The average molecular weight is 210 g/mol. The molecule has 3 nitrogen and oxygen atoms in total. The number of aliphatic hydroxyl groups excluding tert-OH is 1. The first-order chi connectivity index (χ1) is 4.95. The van der Waals surface area contributed by atoms with Crippen molar-refractivity contribution in [1.82, 2.24) is 0 Å². The third-order valence-corrected chi connectivity index (χ3v) is 0.989. The van der Waals surface area contributed by atoms with Gasteiger partial charge in [-0.1, -0.05) is 0 Å². The third kappa shape index (κ3) is 9.96. The zero-order valence-electron chi connectivity index (χ0n) is 6.17. The molecular formula is C5H11ClF3NO2. The second-order valence-corrected chi connectivity index (χ2v) is 2.03. The normalized spacial score (nSPS) is 13.8. The van der Waals surface area contributed by atoms with E-state index in [4.69, 9.17) is 10.8 Å². The van der Waals surface area contributed by atoms with Crippen LogP contribution in [0, 0.1) is 0 Å². The molecule has 7 heteroatoms. The van der Waals surface area contributed by atoms with Crippen molar-refractivity contribution in [2.45, 2.75) is 18.8 Å². The van der Waals surface area contributed by atoms with Crippen LogP contribution in [0.3, 0.4) is 0 Å². The van der Waals surface area contributed by atoms with Gasteiger partial charge in [0.15, 0.2) is 0 Å². The van der Waals surface area contributed by atoms with E-state index < -0.39 is 19.0 Å². The van der Waals surface area contributed by atoms with Crippen LogP contribution in [0.15, 0.2) is 0 Å². The Morgan fingerprint density at radius 3 is 2.25 bits per heavy atom.